The molecule has 0 bridgehead atoms. The van der Waals surface area contributed by atoms with Gasteiger partial charge in [0.2, 0.25) is 0 Å². The van der Waals surface area contributed by atoms with Gasteiger partial charge >= 0.3 is 0 Å². The second-order valence-corrected chi connectivity index (χ2v) is 3.95. The van der Waals surface area contributed by atoms with Crippen LogP contribution < -0.4 is 0 Å². The fraction of sp³-hybridized carbons (Fsp3) is 0.167. The highest BCUT2D eigenvalue weighted by molar-refractivity contribution is 7.71. The third-order valence-corrected chi connectivity index (χ3v) is 2.58. The second kappa shape index (κ2) is 4.71. The SMILES string of the molecule is CCc1nc(=S)cc(-c2cccc(F)c2F)[nH]1. The van der Waals surface area contributed by atoms with E-state index in [-0.39, 0.29) is 5.56 Å². The Morgan fingerprint density at radius 3 is 2.82 bits per heavy atom. The third kappa shape index (κ3) is 2.39. The van der Waals surface area contributed by atoms with Gasteiger partial charge in [0, 0.05) is 12.0 Å². The highest BCUT2D eigenvalue weighted by atomic mass is 32.1. The fourth-order valence-electron chi connectivity index (χ4n) is 1.53. The van der Waals surface area contributed by atoms with Crippen LogP contribution in [0.5, 0.6) is 0 Å². The minimum atomic E-state index is -0.883. The lowest BCUT2D eigenvalue weighted by atomic mass is 10.1. The zero-order valence-corrected chi connectivity index (χ0v) is 9.94. The first kappa shape index (κ1) is 11.9. The van der Waals surface area contributed by atoms with E-state index in [4.69, 9.17) is 12.2 Å². The molecule has 0 spiro atoms. The van der Waals surface area contributed by atoms with Crippen molar-refractivity contribution in [2.45, 2.75) is 13.3 Å². The Morgan fingerprint density at radius 2 is 2.12 bits per heavy atom. The van der Waals surface area contributed by atoms with Crippen LogP contribution in [0.4, 0.5) is 8.78 Å². The molecule has 17 heavy (non-hydrogen) atoms. The Morgan fingerprint density at radius 1 is 1.35 bits per heavy atom. The number of hydrogen-bond acceptors (Lipinski definition) is 2. The van der Waals surface area contributed by atoms with Crippen LogP contribution in [0, 0.1) is 16.3 Å². The van der Waals surface area contributed by atoms with Crippen LogP contribution in [0.25, 0.3) is 11.3 Å². The molecule has 1 aromatic heterocycles. The molecule has 0 aliphatic rings. The van der Waals surface area contributed by atoms with Gasteiger partial charge in [-0.15, -0.1) is 0 Å². The Labute approximate surface area is 102 Å². The number of rotatable bonds is 2. The van der Waals surface area contributed by atoms with Crippen molar-refractivity contribution in [2.75, 3.05) is 0 Å². The summed E-state index contributed by atoms with van der Waals surface area (Å²) in [7, 11) is 0. The number of halogens is 2. The fourth-order valence-corrected chi connectivity index (χ4v) is 1.76. The van der Waals surface area contributed by atoms with Gasteiger partial charge in [-0.25, -0.2) is 13.8 Å². The first-order valence-electron chi connectivity index (χ1n) is 5.16. The summed E-state index contributed by atoms with van der Waals surface area (Å²) in [4.78, 5) is 7.01. The van der Waals surface area contributed by atoms with Crippen LogP contribution in [0.2, 0.25) is 0 Å². The van der Waals surface area contributed by atoms with Crippen molar-refractivity contribution >= 4 is 12.2 Å². The quantitative estimate of drug-likeness (QED) is 0.826. The molecule has 0 atom stereocenters. The Hall–Kier alpha value is -1.62. The van der Waals surface area contributed by atoms with E-state index in [0.29, 0.717) is 22.6 Å². The first-order chi connectivity index (χ1) is 8.11. The predicted molar refractivity (Wildman–Crippen MR) is 64.2 cm³/mol. The summed E-state index contributed by atoms with van der Waals surface area (Å²) in [5, 5.41) is 0. The number of aromatic amines is 1. The van der Waals surface area contributed by atoms with E-state index in [2.05, 4.69) is 9.97 Å². The minimum Gasteiger partial charge on any atom is -0.343 e. The molecule has 1 N–H and O–H groups in total. The first-order valence-corrected chi connectivity index (χ1v) is 5.57. The number of nitrogens with one attached hydrogen (secondary N) is 1. The predicted octanol–water partition coefficient (Wildman–Crippen LogP) is 3.65. The molecule has 0 fully saturated rings. The Kier molecular flexibility index (Phi) is 3.28. The van der Waals surface area contributed by atoms with Gasteiger partial charge in [-0.1, -0.05) is 25.2 Å². The zero-order valence-electron chi connectivity index (χ0n) is 9.13. The maximum atomic E-state index is 13.6. The van der Waals surface area contributed by atoms with Crippen LogP contribution >= 0.6 is 12.2 Å². The summed E-state index contributed by atoms with van der Waals surface area (Å²) in [6.07, 6.45) is 0.647. The van der Waals surface area contributed by atoms with E-state index >= 15 is 0 Å². The number of hydrogen-bond donors (Lipinski definition) is 1. The molecule has 0 unspecified atom stereocenters. The molecule has 0 amide bonds. The molecule has 1 aromatic carbocycles. The van der Waals surface area contributed by atoms with E-state index in [0.717, 1.165) is 6.07 Å². The molecular formula is C12H10F2N2S. The zero-order chi connectivity index (χ0) is 12.4. The average Bonchev–Trinajstić information content (AvgIpc) is 2.31. The second-order valence-electron chi connectivity index (χ2n) is 3.53. The van der Waals surface area contributed by atoms with Crippen molar-refractivity contribution < 1.29 is 8.78 Å². The Balaban J connectivity index is 2.64. The van der Waals surface area contributed by atoms with Gasteiger partial charge in [0.15, 0.2) is 11.6 Å². The van der Waals surface area contributed by atoms with E-state index in [1.807, 2.05) is 6.92 Å². The van der Waals surface area contributed by atoms with Crippen molar-refractivity contribution in [2.24, 2.45) is 0 Å². The van der Waals surface area contributed by atoms with Crippen molar-refractivity contribution in [3.63, 3.8) is 0 Å². The van der Waals surface area contributed by atoms with Crippen LogP contribution in [-0.2, 0) is 6.42 Å². The average molecular weight is 252 g/mol. The highest BCUT2D eigenvalue weighted by Crippen LogP contribution is 2.22. The number of aryl methyl sites for hydroxylation is 1. The lowest BCUT2D eigenvalue weighted by molar-refractivity contribution is 0.511. The van der Waals surface area contributed by atoms with Gasteiger partial charge in [-0.2, -0.15) is 0 Å². The molecule has 0 saturated carbocycles. The molecule has 88 valence electrons. The smallest absolute Gasteiger partial charge is 0.168 e. The van der Waals surface area contributed by atoms with Crippen LogP contribution in [0.1, 0.15) is 12.7 Å². The minimum absolute atomic E-state index is 0.160. The van der Waals surface area contributed by atoms with Crippen LogP contribution in [0.15, 0.2) is 24.3 Å². The standard InChI is InChI=1S/C12H10F2N2S/c1-2-10-15-9(6-11(17)16-10)7-4-3-5-8(13)12(7)14/h3-6H,2H2,1H3,(H,15,16,17). The molecule has 2 nitrogen and oxygen atoms in total. The van der Waals surface area contributed by atoms with E-state index < -0.39 is 11.6 Å². The van der Waals surface area contributed by atoms with E-state index in [9.17, 15) is 8.78 Å². The number of H-pyrrole nitrogens is 1. The molecule has 2 rings (SSSR count). The van der Waals surface area contributed by atoms with Crippen molar-refractivity contribution in [3.05, 3.63) is 46.4 Å². The number of benzene rings is 1. The van der Waals surface area contributed by atoms with Crippen molar-refractivity contribution in [1.29, 1.82) is 0 Å². The van der Waals surface area contributed by atoms with Gasteiger partial charge in [0.1, 0.15) is 10.5 Å². The lowest BCUT2D eigenvalue weighted by Gasteiger charge is -2.06. The highest BCUT2D eigenvalue weighted by Gasteiger charge is 2.10. The molecule has 5 heteroatoms. The number of aromatic nitrogens is 2. The van der Waals surface area contributed by atoms with E-state index in [1.54, 1.807) is 0 Å². The van der Waals surface area contributed by atoms with Crippen LogP contribution in [0.3, 0.4) is 0 Å². The lowest BCUT2D eigenvalue weighted by Crippen LogP contribution is -1.97. The molecule has 0 aliphatic carbocycles. The van der Waals surface area contributed by atoms with Gasteiger partial charge in [0.05, 0.1) is 5.69 Å². The summed E-state index contributed by atoms with van der Waals surface area (Å²) in [5.74, 6) is -1.11. The van der Waals surface area contributed by atoms with Gasteiger partial charge < -0.3 is 4.98 Å². The maximum Gasteiger partial charge on any atom is 0.168 e. The topological polar surface area (TPSA) is 28.7 Å². The van der Waals surface area contributed by atoms with Crippen molar-refractivity contribution in [1.82, 2.24) is 9.97 Å². The summed E-state index contributed by atoms with van der Waals surface area (Å²) in [6, 6.07) is 5.55. The van der Waals surface area contributed by atoms with Gasteiger partial charge in [0.25, 0.3) is 0 Å². The Bertz CT molecular complexity index is 608. The molecule has 2 aromatic rings. The third-order valence-electron chi connectivity index (χ3n) is 2.37. The summed E-state index contributed by atoms with van der Waals surface area (Å²) in [6.45, 7) is 1.90. The summed E-state index contributed by atoms with van der Waals surface area (Å²) >= 11 is 4.98. The summed E-state index contributed by atoms with van der Waals surface area (Å²) < 4.78 is 27.1. The molecule has 0 saturated heterocycles. The molecule has 0 aliphatic heterocycles. The number of nitrogens with zero attached hydrogens (tertiary/aromatic N) is 1. The van der Waals surface area contributed by atoms with E-state index in [1.165, 1.54) is 18.2 Å². The normalized spacial score (nSPS) is 10.5. The van der Waals surface area contributed by atoms with Gasteiger partial charge in [-0.3, -0.25) is 0 Å². The maximum absolute atomic E-state index is 13.6. The molecular weight excluding hydrogens is 242 g/mol. The van der Waals surface area contributed by atoms with Gasteiger partial charge in [-0.05, 0) is 18.2 Å². The largest absolute Gasteiger partial charge is 0.343 e. The van der Waals surface area contributed by atoms with Crippen molar-refractivity contribution in [3.8, 4) is 11.3 Å². The molecule has 1 heterocycles. The monoisotopic (exact) mass is 252 g/mol. The molecule has 0 radical (unpaired) electrons. The van der Waals surface area contributed by atoms with Crippen LogP contribution in [-0.4, -0.2) is 9.97 Å². The summed E-state index contributed by atoms with van der Waals surface area (Å²) in [5.41, 5.74) is 0.604.